The Bertz CT molecular complexity index is 1980. The molecule has 5 rings (SSSR count). The minimum atomic E-state index is -0.573. The fourth-order valence-electron chi connectivity index (χ4n) is 5.07. The summed E-state index contributed by atoms with van der Waals surface area (Å²) in [7, 11) is 3.07. The van der Waals surface area contributed by atoms with E-state index in [1.54, 1.807) is 73.8 Å². The highest BCUT2D eigenvalue weighted by molar-refractivity contribution is 8.00. The number of anilines is 2. The van der Waals surface area contributed by atoms with Crippen molar-refractivity contribution in [3.05, 3.63) is 155 Å². The van der Waals surface area contributed by atoms with E-state index < -0.39 is 17.1 Å². The summed E-state index contributed by atoms with van der Waals surface area (Å²) < 4.78 is 10.8. The van der Waals surface area contributed by atoms with Crippen LogP contribution in [0, 0.1) is 13.8 Å². The lowest BCUT2D eigenvalue weighted by atomic mass is 10.1. The molecule has 0 aliphatic heterocycles. The van der Waals surface area contributed by atoms with Crippen molar-refractivity contribution in [3.8, 4) is 11.5 Å². The Morgan fingerprint density at radius 2 is 1.47 bits per heavy atom. The van der Waals surface area contributed by atoms with Gasteiger partial charge >= 0.3 is 0 Å². The Hall–Kier alpha value is -5.80. The summed E-state index contributed by atoms with van der Waals surface area (Å²) in [6.45, 7) is 3.98. The number of rotatable bonds is 12. The average molecular weight is 672 g/mol. The molecule has 0 aliphatic carbocycles. The lowest BCUT2D eigenvalue weighted by molar-refractivity contribution is -0.116. The Morgan fingerprint density at radius 1 is 0.735 bits per heavy atom. The summed E-state index contributed by atoms with van der Waals surface area (Å²) >= 11 is 1.37. The number of carbonyl (C=O) groups excluding carboxylic acids is 3. The molecule has 0 radical (unpaired) electrons. The van der Waals surface area contributed by atoms with Gasteiger partial charge in [0.05, 0.1) is 14.2 Å². The highest BCUT2D eigenvalue weighted by Gasteiger charge is 2.23. The summed E-state index contributed by atoms with van der Waals surface area (Å²) in [6, 6.07) is 36.5. The van der Waals surface area contributed by atoms with Crippen molar-refractivity contribution in [2.24, 2.45) is 0 Å². The van der Waals surface area contributed by atoms with Crippen molar-refractivity contribution in [3.63, 3.8) is 0 Å². The normalized spacial score (nSPS) is 11.6. The van der Waals surface area contributed by atoms with Crippen LogP contribution in [-0.4, -0.2) is 31.9 Å². The van der Waals surface area contributed by atoms with Gasteiger partial charge in [-0.2, -0.15) is 0 Å². The Morgan fingerprint density at radius 3 is 2.16 bits per heavy atom. The van der Waals surface area contributed by atoms with Gasteiger partial charge in [-0.25, -0.2) is 0 Å². The molecular formula is C40H37N3O5S. The van der Waals surface area contributed by atoms with Crippen molar-refractivity contribution in [2.75, 3.05) is 24.9 Å². The maximum Gasteiger partial charge on any atom is 0.272 e. The number of amides is 3. The summed E-state index contributed by atoms with van der Waals surface area (Å²) in [6.07, 6.45) is 1.55. The number of hydrogen-bond acceptors (Lipinski definition) is 6. The van der Waals surface area contributed by atoms with Gasteiger partial charge in [0.2, 0.25) is 5.91 Å². The van der Waals surface area contributed by atoms with Crippen LogP contribution in [0.3, 0.4) is 0 Å². The summed E-state index contributed by atoms with van der Waals surface area (Å²) in [5.74, 6) is -0.113. The molecule has 0 aliphatic rings. The molecule has 0 saturated heterocycles. The number of thioether (sulfide) groups is 1. The Labute approximate surface area is 290 Å². The van der Waals surface area contributed by atoms with Crippen molar-refractivity contribution >= 4 is 46.9 Å². The maximum absolute atomic E-state index is 13.8. The van der Waals surface area contributed by atoms with Crippen molar-refractivity contribution in [1.29, 1.82) is 0 Å². The third kappa shape index (κ3) is 9.18. The Balaban J connectivity index is 1.41. The molecule has 3 N–H and O–H groups in total. The van der Waals surface area contributed by atoms with Gasteiger partial charge in [-0.1, -0.05) is 72.3 Å². The van der Waals surface area contributed by atoms with E-state index in [0.717, 1.165) is 27.3 Å². The molecule has 5 aromatic carbocycles. The van der Waals surface area contributed by atoms with E-state index in [0.29, 0.717) is 28.3 Å². The average Bonchev–Trinajstić information content (AvgIpc) is 3.12. The first kappa shape index (κ1) is 34.5. The molecule has 0 spiro atoms. The molecule has 0 fully saturated rings. The van der Waals surface area contributed by atoms with Crippen LogP contribution in [0.2, 0.25) is 0 Å². The van der Waals surface area contributed by atoms with Gasteiger partial charge in [0.1, 0.15) is 22.4 Å². The molecule has 0 heterocycles. The van der Waals surface area contributed by atoms with Crippen LogP contribution in [0.4, 0.5) is 11.4 Å². The summed E-state index contributed by atoms with van der Waals surface area (Å²) in [5, 5.41) is 8.20. The minimum Gasteiger partial charge on any atom is -0.497 e. The molecule has 1 unspecified atom stereocenters. The minimum absolute atomic E-state index is 0.00498. The first-order valence-electron chi connectivity index (χ1n) is 15.6. The van der Waals surface area contributed by atoms with E-state index >= 15 is 0 Å². The standard InChI is InChI=1S/C40H37N3O5S/c1-26-18-21-34(27(2)22-26)42-40(46)37(28-12-7-5-8-13-28)49-33-17-11-16-31(24-33)41-39(45)35(43-38(44)29-14-9-6-10-15-29)23-30-19-20-32(47-3)25-36(30)48-4/h5-25,37H,1-4H3,(H,41,45)(H,42,46)(H,43,44)/b35-23+. The van der Waals surface area contributed by atoms with Gasteiger partial charge in [-0.05, 0) is 79.6 Å². The maximum atomic E-state index is 13.8. The lowest BCUT2D eigenvalue weighted by Gasteiger charge is -2.19. The van der Waals surface area contributed by atoms with E-state index in [4.69, 9.17) is 9.47 Å². The predicted octanol–water partition coefficient (Wildman–Crippen LogP) is 8.20. The number of benzene rings is 5. The Kier molecular flexibility index (Phi) is 11.5. The van der Waals surface area contributed by atoms with Gasteiger partial charge in [0.25, 0.3) is 11.8 Å². The first-order valence-corrected chi connectivity index (χ1v) is 16.4. The van der Waals surface area contributed by atoms with Crippen molar-refractivity contribution in [1.82, 2.24) is 5.32 Å². The first-order chi connectivity index (χ1) is 23.7. The molecule has 1 atom stereocenters. The van der Waals surface area contributed by atoms with Gasteiger partial charge < -0.3 is 25.4 Å². The largest absolute Gasteiger partial charge is 0.497 e. The van der Waals surface area contributed by atoms with E-state index in [9.17, 15) is 14.4 Å². The second-order valence-corrected chi connectivity index (χ2v) is 12.4. The molecule has 248 valence electrons. The molecule has 49 heavy (non-hydrogen) atoms. The highest BCUT2D eigenvalue weighted by atomic mass is 32.2. The summed E-state index contributed by atoms with van der Waals surface area (Å²) in [4.78, 5) is 41.5. The van der Waals surface area contributed by atoms with Crippen LogP contribution < -0.4 is 25.4 Å². The SMILES string of the molecule is COc1ccc(/C=C(/NC(=O)c2ccccc2)C(=O)Nc2cccc(SC(C(=O)Nc3ccc(C)cc3C)c3ccccc3)c2)c(OC)c1. The molecule has 9 heteroatoms. The molecule has 0 bridgehead atoms. The topological polar surface area (TPSA) is 106 Å². The number of methoxy groups -OCH3 is 2. The molecule has 8 nitrogen and oxygen atoms in total. The number of aryl methyl sites for hydroxylation is 2. The van der Waals surface area contributed by atoms with Crippen LogP contribution in [0.1, 0.15) is 37.9 Å². The van der Waals surface area contributed by atoms with Gasteiger partial charge in [-0.15, -0.1) is 11.8 Å². The van der Waals surface area contributed by atoms with Gasteiger partial charge in [0, 0.05) is 33.5 Å². The van der Waals surface area contributed by atoms with E-state index in [-0.39, 0.29) is 11.6 Å². The zero-order valence-corrected chi connectivity index (χ0v) is 28.5. The number of hydrogen-bond donors (Lipinski definition) is 3. The third-order valence-corrected chi connectivity index (χ3v) is 8.84. The number of carbonyl (C=O) groups is 3. The monoisotopic (exact) mass is 671 g/mol. The van der Waals surface area contributed by atoms with E-state index in [2.05, 4.69) is 16.0 Å². The van der Waals surface area contributed by atoms with Crippen LogP contribution in [0.25, 0.3) is 6.08 Å². The van der Waals surface area contributed by atoms with Crippen LogP contribution >= 0.6 is 11.8 Å². The molecule has 5 aromatic rings. The lowest BCUT2D eigenvalue weighted by Crippen LogP contribution is -2.30. The smallest absolute Gasteiger partial charge is 0.272 e. The second kappa shape index (κ2) is 16.3. The second-order valence-electron chi connectivity index (χ2n) is 11.2. The van der Waals surface area contributed by atoms with Gasteiger partial charge in [-0.3, -0.25) is 14.4 Å². The van der Waals surface area contributed by atoms with E-state index in [1.165, 1.54) is 18.9 Å². The third-order valence-electron chi connectivity index (χ3n) is 7.60. The highest BCUT2D eigenvalue weighted by Crippen LogP contribution is 2.37. The van der Waals surface area contributed by atoms with Crippen molar-refractivity contribution in [2.45, 2.75) is 24.0 Å². The predicted molar refractivity (Wildman–Crippen MR) is 196 cm³/mol. The fraction of sp³-hybridized carbons (Fsp3) is 0.125. The van der Waals surface area contributed by atoms with E-state index in [1.807, 2.05) is 74.5 Å². The van der Waals surface area contributed by atoms with Crippen molar-refractivity contribution < 1.29 is 23.9 Å². The molecule has 3 amide bonds. The quantitative estimate of drug-likeness (QED) is 0.0913. The number of ether oxygens (including phenoxy) is 2. The summed E-state index contributed by atoms with van der Waals surface area (Å²) in [5.41, 5.74) is 5.13. The molecule has 0 saturated carbocycles. The molecular weight excluding hydrogens is 635 g/mol. The van der Waals surface area contributed by atoms with Gasteiger partial charge in [0.15, 0.2) is 0 Å². The van der Waals surface area contributed by atoms with Crippen LogP contribution in [0.5, 0.6) is 11.5 Å². The van der Waals surface area contributed by atoms with Crippen LogP contribution in [0.15, 0.2) is 132 Å². The molecule has 0 aromatic heterocycles. The zero-order valence-electron chi connectivity index (χ0n) is 27.7. The number of nitrogens with one attached hydrogen (secondary N) is 3. The van der Waals surface area contributed by atoms with Crippen LogP contribution in [-0.2, 0) is 9.59 Å². The zero-order chi connectivity index (χ0) is 34.8. The fourth-order valence-corrected chi connectivity index (χ4v) is 6.15.